The van der Waals surface area contributed by atoms with E-state index in [9.17, 15) is 9.90 Å². The van der Waals surface area contributed by atoms with E-state index < -0.39 is 6.09 Å². The third-order valence-corrected chi connectivity index (χ3v) is 4.18. The van der Waals surface area contributed by atoms with E-state index in [4.69, 9.17) is 4.74 Å². The zero-order valence-electron chi connectivity index (χ0n) is 16.5. The number of aromatic hydroxyl groups is 1. The first-order chi connectivity index (χ1) is 12.0. The van der Waals surface area contributed by atoms with Crippen molar-refractivity contribution >= 4 is 6.09 Å². The van der Waals surface area contributed by atoms with Crippen LogP contribution in [-0.2, 0) is 17.4 Å². The molecule has 2 aromatic carbocycles. The smallest absolute Gasteiger partial charge is 0.412 e. The predicted octanol–water partition coefficient (Wildman–Crippen LogP) is 5.28. The number of phenolic OH excluding ortho intramolecular Hbond substituents is 1. The monoisotopic (exact) mass is 355 g/mol. The molecular formula is C22H29NO3. The number of hydrogen-bond donors (Lipinski definition) is 2. The lowest BCUT2D eigenvalue weighted by atomic mass is 9.78. The molecule has 4 heteroatoms. The van der Waals surface area contributed by atoms with Gasteiger partial charge in [0.05, 0.1) is 0 Å². The Balaban J connectivity index is 2.22. The molecule has 26 heavy (non-hydrogen) atoms. The standard InChI is InChI=1S/C22H29NO3/c1-21(2,3)17-12-15(13-18(19(17)24)22(4,5)6)14-23-20(25)26-16-10-8-7-9-11-16/h7-13,24H,14H2,1-6H3,(H,23,25). The van der Waals surface area contributed by atoms with E-state index in [0.29, 0.717) is 18.0 Å². The van der Waals surface area contributed by atoms with Crippen LogP contribution in [-0.4, -0.2) is 11.2 Å². The first kappa shape index (κ1) is 19.8. The Morgan fingerprint density at radius 3 is 1.92 bits per heavy atom. The predicted molar refractivity (Wildman–Crippen MR) is 105 cm³/mol. The summed E-state index contributed by atoms with van der Waals surface area (Å²) in [6, 6.07) is 12.9. The number of nitrogens with one attached hydrogen (secondary N) is 1. The fourth-order valence-corrected chi connectivity index (χ4v) is 2.75. The Kier molecular flexibility index (Phi) is 5.65. The average Bonchev–Trinajstić information content (AvgIpc) is 2.52. The molecule has 1 amide bonds. The van der Waals surface area contributed by atoms with E-state index >= 15 is 0 Å². The molecule has 0 unspecified atom stereocenters. The number of carbonyl (C=O) groups is 1. The van der Waals surface area contributed by atoms with E-state index in [1.165, 1.54) is 0 Å². The second kappa shape index (κ2) is 7.40. The second-order valence-electron chi connectivity index (χ2n) is 8.60. The summed E-state index contributed by atoms with van der Waals surface area (Å²) in [5.74, 6) is 0.835. The minimum absolute atomic E-state index is 0.204. The lowest BCUT2D eigenvalue weighted by molar-refractivity contribution is 0.200. The number of ether oxygens (including phenoxy) is 1. The van der Waals surface area contributed by atoms with E-state index in [1.54, 1.807) is 12.1 Å². The van der Waals surface area contributed by atoms with Crippen molar-refractivity contribution in [3.05, 3.63) is 59.2 Å². The van der Waals surface area contributed by atoms with Crippen LogP contribution in [0.15, 0.2) is 42.5 Å². The molecule has 0 aliphatic rings. The van der Waals surface area contributed by atoms with Crippen LogP contribution in [0, 0.1) is 0 Å². The molecule has 0 aliphatic carbocycles. The van der Waals surface area contributed by atoms with E-state index in [2.05, 4.69) is 46.9 Å². The summed E-state index contributed by atoms with van der Waals surface area (Å²) in [5.41, 5.74) is 2.27. The van der Waals surface area contributed by atoms with Crippen molar-refractivity contribution in [2.45, 2.75) is 58.9 Å². The van der Waals surface area contributed by atoms with Gasteiger partial charge in [-0.05, 0) is 51.8 Å². The van der Waals surface area contributed by atoms with Gasteiger partial charge in [-0.15, -0.1) is 0 Å². The largest absolute Gasteiger partial charge is 0.507 e. The highest BCUT2D eigenvalue weighted by Gasteiger charge is 2.26. The summed E-state index contributed by atoms with van der Waals surface area (Å²) in [6.07, 6.45) is -0.501. The zero-order chi connectivity index (χ0) is 19.5. The van der Waals surface area contributed by atoms with Crippen molar-refractivity contribution in [2.75, 3.05) is 0 Å². The molecule has 0 saturated carbocycles. The van der Waals surface area contributed by atoms with Gasteiger partial charge in [0.2, 0.25) is 0 Å². The van der Waals surface area contributed by atoms with Crippen LogP contribution in [0.25, 0.3) is 0 Å². The van der Waals surface area contributed by atoms with Gasteiger partial charge in [-0.25, -0.2) is 4.79 Å². The zero-order valence-corrected chi connectivity index (χ0v) is 16.5. The minimum atomic E-state index is -0.501. The van der Waals surface area contributed by atoms with Gasteiger partial charge >= 0.3 is 6.09 Å². The Morgan fingerprint density at radius 1 is 0.962 bits per heavy atom. The number of amides is 1. The number of para-hydroxylation sites is 1. The van der Waals surface area contributed by atoms with Crippen LogP contribution < -0.4 is 10.1 Å². The Morgan fingerprint density at radius 2 is 1.46 bits per heavy atom. The molecule has 2 rings (SSSR count). The van der Waals surface area contributed by atoms with Crippen LogP contribution in [0.2, 0.25) is 0 Å². The molecular weight excluding hydrogens is 326 g/mol. The first-order valence-electron chi connectivity index (χ1n) is 8.86. The molecule has 0 saturated heterocycles. The van der Waals surface area contributed by atoms with Gasteiger partial charge in [0.15, 0.2) is 0 Å². The van der Waals surface area contributed by atoms with Gasteiger partial charge in [-0.2, -0.15) is 0 Å². The van der Waals surface area contributed by atoms with E-state index in [-0.39, 0.29) is 10.8 Å². The van der Waals surface area contributed by atoms with Crippen molar-refractivity contribution in [1.29, 1.82) is 0 Å². The molecule has 0 radical (unpaired) electrons. The van der Waals surface area contributed by atoms with Crippen molar-refractivity contribution < 1.29 is 14.6 Å². The lowest BCUT2D eigenvalue weighted by Gasteiger charge is -2.28. The van der Waals surface area contributed by atoms with Crippen LogP contribution >= 0.6 is 0 Å². The highest BCUT2D eigenvalue weighted by Crippen LogP contribution is 2.39. The van der Waals surface area contributed by atoms with Gasteiger partial charge in [0, 0.05) is 6.54 Å². The van der Waals surface area contributed by atoms with Crippen molar-refractivity contribution in [2.24, 2.45) is 0 Å². The van der Waals surface area contributed by atoms with E-state index in [0.717, 1.165) is 16.7 Å². The quantitative estimate of drug-likeness (QED) is 0.788. The average molecular weight is 355 g/mol. The molecule has 0 spiro atoms. The minimum Gasteiger partial charge on any atom is -0.507 e. The Labute approximate surface area is 156 Å². The molecule has 0 aliphatic heterocycles. The maximum absolute atomic E-state index is 12.0. The SMILES string of the molecule is CC(C)(C)c1cc(CNC(=O)Oc2ccccc2)cc(C(C)(C)C)c1O. The normalized spacial score (nSPS) is 11.9. The van der Waals surface area contributed by atoms with Crippen molar-refractivity contribution in [3.8, 4) is 11.5 Å². The van der Waals surface area contributed by atoms with Crippen LogP contribution in [0.3, 0.4) is 0 Å². The summed E-state index contributed by atoms with van der Waals surface area (Å²) in [5, 5.41) is 13.5. The number of benzene rings is 2. The number of rotatable bonds is 3. The number of carbonyl (C=O) groups excluding carboxylic acids is 1. The molecule has 0 bridgehead atoms. The van der Waals surface area contributed by atoms with Crippen LogP contribution in [0.1, 0.15) is 58.2 Å². The van der Waals surface area contributed by atoms with Gasteiger partial charge in [0.1, 0.15) is 11.5 Å². The summed E-state index contributed by atoms with van der Waals surface area (Å²) in [7, 11) is 0. The fourth-order valence-electron chi connectivity index (χ4n) is 2.75. The molecule has 140 valence electrons. The third-order valence-electron chi connectivity index (χ3n) is 4.18. The molecule has 0 heterocycles. The number of phenols is 1. The van der Waals surface area contributed by atoms with Gasteiger partial charge in [-0.3, -0.25) is 0 Å². The second-order valence-corrected chi connectivity index (χ2v) is 8.60. The van der Waals surface area contributed by atoms with Gasteiger partial charge < -0.3 is 15.2 Å². The molecule has 4 nitrogen and oxygen atoms in total. The maximum atomic E-state index is 12.0. The first-order valence-corrected chi connectivity index (χ1v) is 8.86. The topological polar surface area (TPSA) is 58.6 Å². The van der Waals surface area contributed by atoms with Crippen molar-refractivity contribution in [1.82, 2.24) is 5.32 Å². The van der Waals surface area contributed by atoms with E-state index in [1.807, 2.05) is 30.3 Å². The maximum Gasteiger partial charge on any atom is 0.412 e. The lowest BCUT2D eigenvalue weighted by Crippen LogP contribution is -2.27. The highest BCUT2D eigenvalue weighted by atomic mass is 16.6. The van der Waals surface area contributed by atoms with Crippen LogP contribution in [0.5, 0.6) is 11.5 Å². The molecule has 0 aromatic heterocycles. The Bertz CT molecular complexity index is 733. The van der Waals surface area contributed by atoms with Gasteiger partial charge in [0.25, 0.3) is 0 Å². The third kappa shape index (κ3) is 5.01. The summed E-state index contributed by atoms with van der Waals surface area (Å²) in [6.45, 7) is 12.7. The molecule has 2 N–H and O–H groups in total. The number of hydrogen-bond acceptors (Lipinski definition) is 3. The summed E-state index contributed by atoms with van der Waals surface area (Å²) < 4.78 is 5.26. The van der Waals surface area contributed by atoms with Gasteiger partial charge in [-0.1, -0.05) is 59.7 Å². The highest BCUT2D eigenvalue weighted by molar-refractivity contribution is 5.70. The summed E-state index contributed by atoms with van der Waals surface area (Å²) in [4.78, 5) is 12.0. The van der Waals surface area contributed by atoms with Crippen LogP contribution in [0.4, 0.5) is 4.79 Å². The summed E-state index contributed by atoms with van der Waals surface area (Å²) >= 11 is 0. The molecule has 2 aromatic rings. The fraction of sp³-hybridized carbons (Fsp3) is 0.409. The molecule has 0 atom stereocenters. The Hall–Kier alpha value is -2.49. The molecule has 0 fully saturated rings. The van der Waals surface area contributed by atoms with Crippen molar-refractivity contribution in [3.63, 3.8) is 0 Å².